The minimum absolute atomic E-state index is 0.292. The van der Waals surface area contributed by atoms with Gasteiger partial charge in [-0.3, -0.25) is 4.79 Å². The van der Waals surface area contributed by atoms with E-state index in [1.165, 1.54) is 0 Å². The third kappa shape index (κ3) is 3.13. The molecule has 0 aliphatic rings. The lowest BCUT2D eigenvalue weighted by atomic mass is 9.94. The molecular weight excluding hydrogens is 294 g/mol. The van der Waals surface area contributed by atoms with Crippen LogP contribution in [0.4, 0.5) is 8.78 Å². The van der Waals surface area contributed by atoms with Gasteiger partial charge in [0.2, 0.25) is 0 Å². The SMILES string of the molecule is CCc1ccc(CC)c(C(=O)c2cc(F)c(Cl)cc2F)c1. The van der Waals surface area contributed by atoms with Gasteiger partial charge in [-0.05, 0) is 42.2 Å². The Balaban J connectivity index is 2.56. The Labute approximate surface area is 127 Å². The largest absolute Gasteiger partial charge is 0.288 e. The van der Waals surface area contributed by atoms with E-state index in [4.69, 9.17) is 11.6 Å². The average molecular weight is 309 g/mol. The highest BCUT2D eigenvalue weighted by Gasteiger charge is 2.19. The molecule has 0 atom stereocenters. The average Bonchev–Trinajstić information content (AvgIpc) is 2.49. The van der Waals surface area contributed by atoms with Crippen molar-refractivity contribution in [2.75, 3.05) is 0 Å². The van der Waals surface area contributed by atoms with Gasteiger partial charge in [0.15, 0.2) is 5.78 Å². The Kier molecular flexibility index (Phi) is 4.73. The molecule has 0 saturated carbocycles. The molecule has 0 unspecified atom stereocenters. The van der Waals surface area contributed by atoms with Crippen LogP contribution in [0.25, 0.3) is 0 Å². The summed E-state index contributed by atoms with van der Waals surface area (Å²) in [6.07, 6.45) is 1.41. The Hall–Kier alpha value is -1.74. The van der Waals surface area contributed by atoms with Crippen LogP contribution in [0.3, 0.4) is 0 Å². The van der Waals surface area contributed by atoms with Gasteiger partial charge in [-0.2, -0.15) is 0 Å². The molecule has 0 radical (unpaired) electrons. The van der Waals surface area contributed by atoms with E-state index in [1.54, 1.807) is 6.07 Å². The highest BCUT2D eigenvalue weighted by atomic mass is 35.5. The molecule has 1 nitrogen and oxygen atoms in total. The molecule has 2 aromatic carbocycles. The summed E-state index contributed by atoms with van der Waals surface area (Å²) in [6, 6.07) is 7.23. The van der Waals surface area contributed by atoms with E-state index in [2.05, 4.69) is 0 Å². The second-order valence-electron chi connectivity index (χ2n) is 4.77. The summed E-state index contributed by atoms with van der Waals surface area (Å²) in [4.78, 5) is 12.5. The van der Waals surface area contributed by atoms with E-state index in [0.29, 0.717) is 12.0 Å². The van der Waals surface area contributed by atoms with Gasteiger partial charge < -0.3 is 0 Å². The van der Waals surface area contributed by atoms with Gasteiger partial charge in [0.25, 0.3) is 0 Å². The summed E-state index contributed by atoms with van der Waals surface area (Å²) in [7, 11) is 0. The van der Waals surface area contributed by atoms with Gasteiger partial charge in [-0.15, -0.1) is 0 Å². The minimum atomic E-state index is -0.810. The molecule has 0 fully saturated rings. The number of hydrogen-bond acceptors (Lipinski definition) is 1. The predicted octanol–water partition coefficient (Wildman–Crippen LogP) is 4.97. The van der Waals surface area contributed by atoms with Crippen molar-refractivity contribution in [3.05, 3.63) is 69.2 Å². The first kappa shape index (κ1) is 15.6. The van der Waals surface area contributed by atoms with Gasteiger partial charge in [0, 0.05) is 5.56 Å². The summed E-state index contributed by atoms with van der Waals surface area (Å²) in [6.45, 7) is 3.88. The number of benzene rings is 2. The van der Waals surface area contributed by atoms with Crippen molar-refractivity contribution in [2.45, 2.75) is 26.7 Å². The molecule has 0 saturated heterocycles. The first-order valence-corrected chi connectivity index (χ1v) is 7.16. The molecule has 0 heterocycles. The van der Waals surface area contributed by atoms with Crippen LogP contribution in [0.2, 0.25) is 5.02 Å². The maximum absolute atomic E-state index is 13.9. The van der Waals surface area contributed by atoms with E-state index < -0.39 is 17.4 Å². The number of rotatable bonds is 4. The molecule has 0 spiro atoms. The number of ketones is 1. The maximum Gasteiger partial charge on any atom is 0.196 e. The van der Waals surface area contributed by atoms with Gasteiger partial charge in [0.05, 0.1) is 10.6 Å². The fourth-order valence-corrected chi connectivity index (χ4v) is 2.36. The van der Waals surface area contributed by atoms with Crippen LogP contribution in [-0.4, -0.2) is 5.78 Å². The molecule has 0 aliphatic carbocycles. The zero-order valence-electron chi connectivity index (χ0n) is 11.8. The van der Waals surface area contributed by atoms with Crippen LogP contribution in [0.15, 0.2) is 30.3 Å². The molecule has 2 aromatic rings. The fourth-order valence-electron chi connectivity index (χ4n) is 2.20. The zero-order valence-corrected chi connectivity index (χ0v) is 12.6. The van der Waals surface area contributed by atoms with Crippen molar-refractivity contribution in [3.63, 3.8) is 0 Å². The Morgan fingerprint density at radius 1 is 1.00 bits per heavy atom. The lowest BCUT2D eigenvalue weighted by molar-refractivity contribution is 0.103. The van der Waals surface area contributed by atoms with Crippen LogP contribution >= 0.6 is 11.6 Å². The van der Waals surface area contributed by atoms with E-state index >= 15 is 0 Å². The molecule has 0 N–H and O–H groups in total. The van der Waals surface area contributed by atoms with Crippen LogP contribution in [0.1, 0.15) is 40.9 Å². The van der Waals surface area contributed by atoms with Gasteiger partial charge in [-0.1, -0.05) is 37.6 Å². The Morgan fingerprint density at radius 2 is 1.71 bits per heavy atom. The normalized spacial score (nSPS) is 10.7. The maximum atomic E-state index is 13.9. The van der Waals surface area contributed by atoms with Crippen LogP contribution < -0.4 is 0 Å². The van der Waals surface area contributed by atoms with Gasteiger partial charge >= 0.3 is 0 Å². The molecule has 0 aliphatic heterocycles. The first-order valence-electron chi connectivity index (χ1n) is 6.79. The summed E-state index contributed by atoms with van der Waals surface area (Å²) in [5.41, 5.74) is 1.91. The van der Waals surface area contributed by atoms with Crippen LogP contribution in [0.5, 0.6) is 0 Å². The number of carbonyl (C=O) groups is 1. The number of aryl methyl sites for hydroxylation is 2. The first-order chi connectivity index (χ1) is 9.97. The zero-order chi connectivity index (χ0) is 15.6. The topological polar surface area (TPSA) is 17.1 Å². The van der Waals surface area contributed by atoms with Crippen molar-refractivity contribution in [1.82, 2.24) is 0 Å². The van der Waals surface area contributed by atoms with Gasteiger partial charge in [0.1, 0.15) is 11.6 Å². The Bertz CT molecular complexity index is 695. The minimum Gasteiger partial charge on any atom is -0.288 e. The van der Waals surface area contributed by atoms with Crippen LogP contribution in [0, 0.1) is 11.6 Å². The number of halogens is 3. The summed E-state index contributed by atoms with van der Waals surface area (Å²) in [5.74, 6) is -2.13. The van der Waals surface area contributed by atoms with Crippen molar-refractivity contribution in [1.29, 1.82) is 0 Å². The lowest BCUT2D eigenvalue weighted by Crippen LogP contribution is -2.09. The molecule has 21 heavy (non-hydrogen) atoms. The van der Waals surface area contributed by atoms with E-state index in [1.807, 2.05) is 26.0 Å². The molecule has 2 rings (SSSR count). The second-order valence-corrected chi connectivity index (χ2v) is 5.18. The monoisotopic (exact) mass is 308 g/mol. The number of hydrogen-bond donors (Lipinski definition) is 0. The van der Waals surface area contributed by atoms with Gasteiger partial charge in [-0.25, -0.2) is 8.78 Å². The third-order valence-corrected chi connectivity index (χ3v) is 3.75. The highest BCUT2D eigenvalue weighted by Crippen LogP contribution is 2.24. The lowest BCUT2D eigenvalue weighted by Gasteiger charge is -2.10. The molecule has 110 valence electrons. The molecule has 4 heteroatoms. The second kappa shape index (κ2) is 6.35. The van der Waals surface area contributed by atoms with E-state index in [-0.39, 0.29) is 10.6 Å². The molecule has 0 aromatic heterocycles. The predicted molar refractivity (Wildman–Crippen MR) is 80.0 cm³/mol. The summed E-state index contributed by atoms with van der Waals surface area (Å²) in [5, 5.41) is -0.331. The third-order valence-electron chi connectivity index (χ3n) is 3.46. The smallest absolute Gasteiger partial charge is 0.196 e. The molecule has 0 amide bonds. The van der Waals surface area contributed by atoms with E-state index in [9.17, 15) is 13.6 Å². The fraction of sp³-hybridized carbons (Fsp3) is 0.235. The van der Waals surface area contributed by atoms with Crippen molar-refractivity contribution >= 4 is 17.4 Å². The van der Waals surface area contributed by atoms with Crippen molar-refractivity contribution in [2.24, 2.45) is 0 Å². The van der Waals surface area contributed by atoms with Crippen LogP contribution in [-0.2, 0) is 12.8 Å². The van der Waals surface area contributed by atoms with Crippen molar-refractivity contribution < 1.29 is 13.6 Å². The number of carbonyl (C=O) groups excluding carboxylic acids is 1. The molecule has 0 bridgehead atoms. The highest BCUT2D eigenvalue weighted by molar-refractivity contribution is 6.31. The van der Waals surface area contributed by atoms with Crippen molar-refractivity contribution in [3.8, 4) is 0 Å². The molecular formula is C17H15ClF2O. The summed E-state index contributed by atoms with van der Waals surface area (Å²) < 4.78 is 27.4. The Morgan fingerprint density at radius 3 is 2.33 bits per heavy atom. The standard InChI is InChI=1S/C17H15ClF2O/c1-3-10-5-6-11(4-2)12(7-10)17(21)13-8-16(20)14(18)9-15(13)19/h5-9H,3-4H2,1-2H3. The quantitative estimate of drug-likeness (QED) is 0.575. The summed E-state index contributed by atoms with van der Waals surface area (Å²) >= 11 is 5.52. The van der Waals surface area contributed by atoms with E-state index in [0.717, 1.165) is 29.7 Å².